The summed E-state index contributed by atoms with van der Waals surface area (Å²) in [4.78, 5) is 18.4. The minimum absolute atomic E-state index is 0.0150. The summed E-state index contributed by atoms with van der Waals surface area (Å²) < 4.78 is 86.6. The number of nitrogens with one attached hydrogen (secondary N) is 5. The van der Waals surface area contributed by atoms with Crippen LogP contribution in [0.4, 0.5) is 36.8 Å². The number of halogens is 6. The zero-order valence-corrected chi connectivity index (χ0v) is 20.8. The number of hydrogen-bond donors (Lipinski definition) is 5. The fraction of sp³-hybridized carbons (Fsp3) is 0.500. The van der Waals surface area contributed by atoms with Gasteiger partial charge in [-0.1, -0.05) is 6.07 Å². The van der Waals surface area contributed by atoms with Gasteiger partial charge in [0.05, 0.1) is 30.3 Å². The molecule has 1 amide bonds. The van der Waals surface area contributed by atoms with Crippen LogP contribution in [0.3, 0.4) is 0 Å². The first kappa shape index (κ1) is 27.8. The number of aromatic amines is 1. The monoisotopic (exact) mass is 546 g/mol. The van der Waals surface area contributed by atoms with Gasteiger partial charge in [0, 0.05) is 52.7 Å². The lowest BCUT2D eigenvalue weighted by Crippen LogP contribution is -2.57. The molecule has 4 rings (SSSR count). The number of rotatable bonds is 5. The number of piperidine rings is 1. The number of fused-ring (bicyclic) bond motifs is 1. The summed E-state index contributed by atoms with van der Waals surface area (Å²) in [5.74, 6) is 0. The number of allylic oxidation sites excluding steroid dienone is 1. The van der Waals surface area contributed by atoms with E-state index in [1.807, 2.05) is 0 Å². The Kier molecular flexibility index (Phi) is 7.40. The second-order valence-corrected chi connectivity index (χ2v) is 9.90. The molecule has 0 bridgehead atoms. The maximum Gasteiger partial charge on any atom is 0.419 e. The van der Waals surface area contributed by atoms with Gasteiger partial charge in [-0.2, -0.15) is 26.3 Å². The molecule has 1 aromatic carbocycles. The molecule has 0 aliphatic carbocycles. The molecule has 1 fully saturated rings. The molecule has 0 radical (unpaired) electrons. The summed E-state index contributed by atoms with van der Waals surface area (Å²) in [5.41, 5.74) is -1.99. The Morgan fingerprint density at radius 3 is 2.55 bits per heavy atom. The Balaban J connectivity index is 1.72. The van der Waals surface area contributed by atoms with Gasteiger partial charge < -0.3 is 20.4 Å². The van der Waals surface area contributed by atoms with Crippen molar-refractivity contribution in [3.8, 4) is 0 Å². The van der Waals surface area contributed by atoms with Gasteiger partial charge in [0.15, 0.2) is 6.29 Å². The first-order valence-corrected chi connectivity index (χ1v) is 11.8. The third kappa shape index (κ3) is 6.23. The van der Waals surface area contributed by atoms with E-state index >= 15 is 0 Å². The number of ether oxygens (including phenoxy) is 1. The van der Waals surface area contributed by atoms with Gasteiger partial charge in [0.1, 0.15) is 0 Å². The van der Waals surface area contributed by atoms with E-state index in [-0.39, 0.29) is 45.0 Å². The molecule has 2 aliphatic heterocycles. The van der Waals surface area contributed by atoms with Crippen molar-refractivity contribution in [3.63, 3.8) is 0 Å². The molecule has 0 spiro atoms. The van der Waals surface area contributed by atoms with Crippen LogP contribution in [0.2, 0.25) is 0 Å². The Hall–Kier alpha value is -3.26. The van der Waals surface area contributed by atoms with Crippen molar-refractivity contribution in [2.75, 3.05) is 19.0 Å². The van der Waals surface area contributed by atoms with Crippen LogP contribution < -0.4 is 21.3 Å². The predicted octanol–water partition coefficient (Wildman–Crippen LogP) is 4.80. The lowest BCUT2D eigenvalue weighted by molar-refractivity contribution is -0.126. The number of carbonyl (C=O) groups is 1. The standard InChI is InChI=1S/C24H28F6N6O2/c1-22(2)7-6-12(9-33-22)34-20-32-11-16(24(28,29)30)19(36-20)15-10-31-18-13(15)4-5-17(35-21(37)38-3)14(18)8-23(25,26)27/h4-5,10-12,20,31,33-34,36H,6-9H2,1-3H3,(H,35,37). The van der Waals surface area contributed by atoms with Gasteiger partial charge in [-0.25, -0.2) is 4.79 Å². The first-order chi connectivity index (χ1) is 17.7. The summed E-state index contributed by atoms with van der Waals surface area (Å²) >= 11 is 0. The number of hydrogen-bond acceptors (Lipinski definition) is 6. The minimum Gasteiger partial charge on any atom is -0.453 e. The normalized spacial score (nSPS) is 21.9. The molecule has 2 atom stereocenters. The number of nitrogens with zero attached hydrogens (tertiary/aromatic N) is 1. The van der Waals surface area contributed by atoms with E-state index < -0.39 is 36.7 Å². The zero-order valence-electron chi connectivity index (χ0n) is 20.8. The van der Waals surface area contributed by atoms with Gasteiger partial charge >= 0.3 is 18.4 Å². The fourth-order valence-electron chi connectivity index (χ4n) is 4.61. The van der Waals surface area contributed by atoms with Gasteiger partial charge in [0.2, 0.25) is 0 Å². The summed E-state index contributed by atoms with van der Waals surface area (Å²) in [5, 5.41) is 11.7. The molecule has 3 heterocycles. The zero-order chi connectivity index (χ0) is 27.9. The van der Waals surface area contributed by atoms with Crippen molar-refractivity contribution < 1.29 is 35.9 Å². The third-order valence-corrected chi connectivity index (χ3v) is 6.58. The molecule has 2 aliphatic rings. The van der Waals surface area contributed by atoms with E-state index in [2.05, 4.69) is 49.8 Å². The Bertz CT molecular complexity index is 1250. The first-order valence-electron chi connectivity index (χ1n) is 11.8. The lowest BCUT2D eigenvalue weighted by Gasteiger charge is -2.38. The van der Waals surface area contributed by atoms with Crippen molar-refractivity contribution in [1.29, 1.82) is 0 Å². The number of H-pyrrole nitrogens is 1. The molecular formula is C24H28F6N6O2. The SMILES string of the molecule is COC(=O)Nc1ccc2c(C3=C(C(F)(F)F)C=NC(NC4CCC(C)(C)NC4)N3)c[nH]c2c1CC(F)(F)F. The Morgan fingerprint density at radius 1 is 1.21 bits per heavy atom. The maximum atomic E-state index is 14.0. The van der Waals surface area contributed by atoms with E-state index in [1.54, 1.807) is 0 Å². The largest absolute Gasteiger partial charge is 0.453 e. The molecule has 8 nitrogen and oxygen atoms in total. The molecule has 208 valence electrons. The number of carbonyl (C=O) groups excluding carboxylic acids is 1. The number of anilines is 1. The second kappa shape index (κ2) is 10.1. The van der Waals surface area contributed by atoms with Crippen molar-refractivity contribution in [1.82, 2.24) is 20.9 Å². The minimum atomic E-state index is -4.78. The van der Waals surface area contributed by atoms with Crippen LogP contribution in [0, 0.1) is 0 Å². The Labute approximate surface area is 214 Å². The number of amides is 1. The van der Waals surface area contributed by atoms with Crippen LogP contribution >= 0.6 is 0 Å². The quantitative estimate of drug-likeness (QED) is 0.347. The van der Waals surface area contributed by atoms with E-state index in [1.165, 1.54) is 18.3 Å². The summed E-state index contributed by atoms with van der Waals surface area (Å²) in [6, 6.07) is 2.49. The number of benzene rings is 1. The van der Waals surface area contributed by atoms with Gasteiger partial charge in [-0.15, -0.1) is 0 Å². The smallest absolute Gasteiger partial charge is 0.419 e. The van der Waals surface area contributed by atoms with Gasteiger partial charge in [-0.3, -0.25) is 15.6 Å². The summed E-state index contributed by atoms with van der Waals surface area (Å²) in [7, 11) is 1.06. The van der Waals surface area contributed by atoms with Gasteiger partial charge in [-0.05, 0) is 32.8 Å². The molecule has 38 heavy (non-hydrogen) atoms. The van der Waals surface area contributed by atoms with Crippen LogP contribution in [0.15, 0.2) is 28.9 Å². The van der Waals surface area contributed by atoms with E-state index in [4.69, 9.17) is 0 Å². The third-order valence-electron chi connectivity index (χ3n) is 6.58. The van der Waals surface area contributed by atoms with Crippen molar-refractivity contribution in [2.45, 2.75) is 63.3 Å². The predicted molar refractivity (Wildman–Crippen MR) is 131 cm³/mol. The number of aromatic nitrogens is 1. The molecular weight excluding hydrogens is 518 g/mol. The average molecular weight is 547 g/mol. The molecule has 2 unspecified atom stereocenters. The van der Waals surface area contributed by atoms with Crippen LogP contribution in [-0.2, 0) is 11.2 Å². The molecule has 14 heteroatoms. The van der Waals surface area contributed by atoms with Crippen LogP contribution in [0.1, 0.15) is 37.8 Å². The molecule has 5 N–H and O–H groups in total. The highest BCUT2D eigenvalue weighted by Crippen LogP contribution is 2.38. The number of alkyl halides is 6. The molecule has 1 aromatic heterocycles. The topological polar surface area (TPSA) is 103 Å². The highest BCUT2D eigenvalue weighted by Gasteiger charge is 2.39. The highest BCUT2D eigenvalue weighted by molar-refractivity contribution is 6.03. The summed E-state index contributed by atoms with van der Waals surface area (Å²) in [6.07, 6.45) is -9.17. The van der Waals surface area contributed by atoms with Crippen LogP contribution in [0.25, 0.3) is 16.6 Å². The van der Waals surface area contributed by atoms with E-state index in [0.29, 0.717) is 6.54 Å². The van der Waals surface area contributed by atoms with Crippen molar-refractivity contribution in [2.24, 2.45) is 4.99 Å². The van der Waals surface area contributed by atoms with E-state index in [9.17, 15) is 31.1 Å². The molecule has 1 saturated heterocycles. The maximum absolute atomic E-state index is 14.0. The van der Waals surface area contributed by atoms with Crippen LogP contribution in [0.5, 0.6) is 0 Å². The Morgan fingerprint density at radius 2 is 1.95 bits per heavy atom. The van der Waals surface area contributed by atoms with Gasteiger partial charge in [0.25, 0.3) is 0 Å². The highest BCUT2D eigenvalue weighted by atomic mass is 19.4. The molecule has 2 aromatic rings. The van der Waals surface area contributed by atoms with E-state index in [0.717, 1.165) is 26.2 Å². The molecule has 0 saturated carbocycles. The number of methoxy groups -OCH3 is 1. The fourth-order valence-corrected chi connectivity index (χ4v) is 4.61. The lowest BCUT2D eigenvalue weighted by atomic mass is 9.91. The second-order valence-electron chi connectivity index (χ2n) is 9.90. The number of aliphatic imine (C=N–C) groups is 1. The van der Waals surface area contributed by atoms with Crippen molar-refractivity contribution in [3.05, 3.63) is 35.0 Å². The average Bonchev–Trinajstić information content (AvgIpc) is 3.25. The summed E-state index contributed by atoms with van der Waals surface area (Å²) in [6.45, 7) is 4.72. The van der Waals surface area contributed by atoms with Crippen LogP contribution in [-0.4, -0.2) is 61.2 Å². The van der Waals surface area contributed by atoms with Crippen molar-refractivity contribution >= 4 is 34.6 Å².